The van der Waals surface area contributed by atoms with Gasteiger partial charge in [-0.1, -0.05) is 69.3 Å². The first kappa shape index (κ1) is 18.3. The summed E-state index contributed by atoms with van der Waals surface area (Å²) >= 11 is 0. The van der Waals surface area contributed by atoms with Crippen LogP contribution in [-0.2, 0) is 5.41 Å². The van der Waals surface area contributed by atoms with Crippen LogP contribution in [0.15, 0.2) is 73.1 Å². The lowest BCUT2D eigenvalue weighted by Crippen LogP contribution is -2.12. The summed E-state index contributed by atoms with van der Waals surface area (Å²) in [5, 5.41) is 15.2. The Morgan fingerprint density at radius 3 is 2.13 bits per heavy atom. The minimum Gasteiger partial charge on any atom is -0.236 e. The van der Waals surface area contributed by atoms with Gasteiger partial charge >= 0.3 is 0 Å². The highest BCUT2D eigenvalue weighted by atomic mass is 14.8. The van der Waals surface area contributed by atoms with Crippen molar-refractivity contribution < 1.29 is 0 Å². The van der Waals surface area contributed by atoms with Crippen molar-refractivity contribution >= 4 is 32.4 Å². The van der Waals surface area contributed by atoms with Gasteiger partial charge in [0.25, 0.3) is 0 Å². The normalized spacial score (nSPS) is 11.8. The Balaban J connectivity index is 1.90. The lowest BCUT2D eigenvalue weighted by Gasteiger charge is -2.23. The molecule has 0 amide bonds. The van der Waals surface area contributed by atoms with Crippen molar-refractivity contribution in [2.24, 2.45) is 0 Å². The molecule has 0 aliphatic carbocycles. The number of nitriles is 1. The Morgan fingerprint density at radius 1 is 0.767 bits per heavy atom. The Morgan fingerprint density at radius 2 is 1.43 bits per heavy atom. The maximum absolute atomic E-state index is 9.88. The highest BCUT2D eigenvalue weighted by molar-refractivity contribution is 6.07. The van der Waals surface area contributed by atoms with E-state index in [0.29, 0.717) is 11.1 Å². The SMILES string of the molecule is CC(C)(C)c1cc(-c2ncnc3c(C#N)c4ccccc4cc23)cc2ccccc12. The van der Waals surface area contributed by atoms with E-state index in [1.807, 2.05) is 24.3 Å². The molecule has 0 bridgehead atoms. The van der Waals surface area contributed by atoms with Crippen LogP contribution in [0, 0.1) is 11.3 Å². The van der Waals surface area contributed by atoms with E-state index >= 15 is 0 Å². The van der Waals surface area contributed by atoms with Gasteiger partial charge < -0.3 is 0 Å². The maximum Gasteiger partial charge on any atom is 0.116 e. The highest BCUT2D eigenvalue weighted by Gasteiger charge is 2.20. The number of benzene rings is 4. The van der Waals surface area contributed by atoms with Crippen LogP contribution < -0.4 is 0 Å². The van der Waals surface area contributed by atoms with Gasteiger partial charge in [0.05, 0.1) is 16.8 Å². The number of hydrogen-bond acceptors (Lipinski definition) is 3. The first-order valence-corrected chi connectivity index (χ1v) is 10.1. The second-order valence-electron chi connectivity index (χ2n) is 8.70. The van der Waals surface area contributed by atoms with Crippen molar-refractivity contribution in [3.8, 4) is 17.3 Å². The van der Waals surface area contributed by atoms with Crippen molar-refractivity contribution in [1.82, 2.24) is 9.97 Å². The Labute approximate surface area is 175 Å². The highest BCUT2D eigenvalue weighted by Crippen LogP contribution is 2.37. The zero-order valence-corrected chi connectivity index (χ0v) is 17.3. The number of aromatic nitrogens is 2. The van der Waals surface area contributed by atoms with E-state index in [9.17, 15) is 5.26 Å². The molecule has 0 radical (unpaired) electrons. The summed E-state index contributed by atoms with van der Waals surface area (Å²) in [5.41, 5.74) is 4.48. The van der Waals surface area contributed by atoms with Crippen LogP contribution in [0.1, 0.15) is 31.9 Å². The van der Waals surface area contributed by atoms with Crippen LogP contribution in [0.4, 0.5) is 0 Å². The molecular formula is C27H21N3. The van der Waals surface area contributed by atoms with E-state index in [1.54, 1.807) is 6.33 Å². The van der Waals surface area contributed by atoms with Crippen LogP contribution in [0.5, 0.6) is 0 Å². The molecule has 1 aromatic heterocycles. The summed E-state index contributed by atoms with van der Waals surface area (Å²) in [5.74, 6) is 0. The first-order chi connectivity index (χ1) is 14.5. The van der Waals surface area contributed by atoms with Gasteiger partial charge in [0.15, 0.2) is 0 Å². The molecule has 0 atom stereocenters. The van der Waals surface area contributed by atoms with E-state index in [0.717, 1.165) is 27.4 Å². The van der Waals surface area contributed by atoms with Crippen LogP contribution in [0.25, 0.3) is 43.7 Å². The van der Waals surface area contributed by atoms with Crippen LogP contribution in [0.2, 0.25) is 0 Å². The molecule has 0 fully saturated rings. The lowest BCUT2D eigenvalue weighted by atomic mass is 9.82. The molecule has 3 heteroatoms. The summed E-state index contributed by atoms with van der Waals surface area (Å²) < 4.78 is 0. The van der Waals surface area contributed by atoms with E-state index in [-0.39, 0.29) is 5.41 Å². The lowest BCUT2D eigenvalue weighted by molar-refractivity contribution is 0.596. The van der Waals surface area contributed by atoms with Gasteiger partial charge in [-0.15, -0.1) is 0 Å². The van der Waals surface area contributed by atoms with Gasteiger partial charge in [-0.05, 0) is 45.3 Å². The number of fused-ring (bicyclic) bond motifs is 3. The van der Waals surface area contributed by atoms with E-state index < -0.39 is 0 Å². The minimum atomic E-state index is -0.0110. The monoisotopic (exact) mass is 387 g/mol. The molecule has 30 heavy (non-hydrogen) atoms. The summed E-state index contributed by atoms with van der Waals surface area (Å²) in [7, 11) is 0. The van der Waals surface area contributed by atoms with Crippen molar-refractivity contribution in [2.75, 3.05) is 0 Å². The Kier molecular flexibility index (Phi) is 4.04. The third kappa shape index (κ3) is 2.81. The van der Waals surface area contributed by atoms with Gasteiger partial charge in [-0.3, -0.25) is 0 Å². The smallest absolute Gasteiger partial charge is 0.116 e. The van der Waals surface area contributed by atoms with Crippen LogP contribution >= 0.6 is 0 Å². The fourth-order valence-electron chi connectivity index (χ4n) is 4.28. The third-order valence-corrected chi connectivity index (χ3v) is 5.71. The van der Waals surface area contributed by atoms with Crippen molar-refractivity contribution in [3.63, 3.8) is 0 Å². The molecule has 1 heterocycles. The fraction of sp³-hybridized carbons (Fsp3) is 0.148. The average Bonchev–Trinajstić information content (AvgIpc) is 2.75. The second kappa shape index (κ2) is 6.64. The zero-order valence-electron chi connectivity index (χ0n) is 17.3. The third-order valence-electron chi connectivity index (χ3n) is 5.71. The maximum atomic E-state index is 9.88. The summed E-state index contributed by atoms with van der Waals surface area (Å²) in [6.45, 7) is 6.70. The predicted molar refractivity (Wildman–Crippen MR) is 123 cm³/mol. The average molecular weight is 387 g/mol. The molecule has 144 valence electrons. The summed E-state index contributed by atoms with van der Waals surface area (Å²) in [6, 6.07) is 25.3. The van der Waals surface area contributed by atoms with Gasteiger partial charge in [0, 0.05) is 16.3 Å². The van der Waals surface area contributed by atoms with Crippen LogP contribution in [-0.4, -0.2) is 9.97 Å². The van der Waals surface area contributed by atoms with Gasteiger partial charge in [-0.2, -0.15) is 5.26 Å². The number of rotatable bonds is 1. The van der Waals surface area contributed by atoms with Crippen molar-refractivity contribution in [1.29, 1.82) is 5.26 Å². The molecule has 4 aromatic carbocycles. The standard InChI is InChI=1S/C27H21N3/c1-27(2,3)24-14-19(12-17-8-5-7-11-21(17)24)25-22-13-18-9-4-6-10-20(18)23(15-28)26(22)30-16-29-25/h4-14,16H,1-3H3. The minimum absolute atomic E-state index is 0.0110. The first-order valence-electron chi connectivity index (χ1n) is 10.1. The molecule has 0 unspecified atom stereocenters. The molecule has 5 aromatic rings. The Hall–Kier alpha value is -3.77. The second-order valence-corrected chi connectivity index (χ2v) is 8.70. The van der Waals surface area contributed by atoms with Crippen LogP contribution in [0.3, 0.4) is 0 Å². The van der Waals surface area contributed by atoms with E-state index in [2.05, 4.69) is 79.3 Å². The molecule has 0 N–H and O–H groups in total. The zero-order chi connectivity index (χ0) is 20.9. The molecule has 0 aliphatic heterocycles. The number of nitrogens with zero attached hydrogens (tertiary/aromatic N) is 3. The quantitative estimate of drug-likeness (QED) is 0.298. The van der Waals surface area contributed by atoms with Gasteiger partial charge in [0.1, 0.15) is 12.4 Å². The Bertz CT molecular complexity index is 1480. The molecule has 0 spiro atoms. The molecule has 0 saturated heterocycles. The topological polar surface area (TPSA) is 49.6 Å². The van der Waals surface area contributed by atoms with E-state index in [4.69, 9.17) is 0 Å². The van der Waals surface area contributed by atoms with Crippen molar-refractivity contribution in [2.45, 2.75) is 26.2 Å². The van der Waals surface area contributed by atoms with Gasteiger partial charge in [-0.25, -0.2) is 9.97 Å². The molecule has 0 saturated carbocycles. The van der Waals surface area contributed by atoms with E-state index in [1.165, 1.54) is 16.3 Å². The molecule has 0 aliphatic rings. The molecular weight excluding hydrogens is 366 g/mol. The largest absolute Gasteiger partial charge is 0.236 e. The summed E-state index contributed by atoms with van der Waals surface area (Å²) in [4.78, 5) is 9.16. The molecule has 3 nitrogen and oxygen atoms in total. The fourth-order valence-corrected chi connectivity index (χ4v) is 4.28. The summed E-state index contributed by atoms with van der Waals surface area (Å²) in [6.07, 6.45) is 1.57. The van der Waals surface area contributed by atoms with Crippen molar-refractivity contribution in [3.05, 3.63) is 84.2 Å². The predicted octanol–water partition coefficient (Wildman–Crippen LogP) is 6.77. The number of hydrogen-bond donors (Lipinski definition) is 0. The van der Waals surface area contributed by atoms with Gasteiger partial charge in [0.2, 0.25) is 0 Å². The molecule has 5 rings (SSSR count).